The molecule has 0 bridgehead atoms. The maximum Gasteiger partial charge on any atom is 1.00 e. The third-order valence-electron chi connectivity index (χ3n) is 0. The average Bonchev–Trinajstić information content (AvgIpc) is 0.722. The predicted octanol–water partition coefficient (Wildman–Crippen LogP) is -3.54. The molecule has 0 aromatic carbocycles. The second-order valence-corrected chi connectivity index (χ2v) is 1.34. The van der Waals surface area contributed by atoms with Crippen LogP contribution < -0.4 is 29.6 Å². The van der Waals surface area contributed by atoms with Crippen LogP contribution in [-0.2, 0) is 10.4 Å². The van der Waals surface area contributed by atoms with Crippen LogP contribution in [0.4, 0.5) is 0 Å². The Kier molecular flexibility index (Phi) is 14.2. The Balaban J connectivity index is -0.0000000267. The van der Waals surface area contributed by atoms with E-state index in [9.17, 15) is 0 Å². The Labute approximate surface area is 93.0 Å². The molecule has 4 nitrogen and oxygen atoms in total. The van der Waals surface area contributed by atoms with E-state index in [0.29, 0.717) is 0 Å². The normalized spacial score (nSPS) is 8.29. The van der Waals surface area contributed by atoms with Crippen LogP contribution in [0.1, 0.15) is 1.43 Å². The zero-order valence-corrected chi connectivity index (χ0v) is 10.1. The number of rotatable bonds is 0. The first-order valence-corrected chi connectivity index (χ1v) is 2.10. The molecule has 0 unspecified atom stereocenters. The molecule has 7 heavy (non-hydrogen) atoms. The minimum absolute atomic E-state index is 0. The Morgan fingerprint density at radius 2 is 1.29 bits per heavy atom. The fourth-order valence-electron chi connectivity index (χ4n) is 0. The summed E-state index contributed by atoms with van der Waals surface area (Å²) in [5.41, 5.74) is 0. The molecule has 0 aromatic rings. The Hall–Kier alpha value is 2.06. The summed E-state index contributed by atoms with van der Waals surface area (Å²) in [6, 6.07) is 0. The van der Waals surface area contributed by atoms with Gasteiger partial charge in [0.25, 0.3) is 0 Å². The minimum Gasteiger partial charge on any atom is -1.00 e. The van der Waals surface area contributed by atoms with Gasteiger partial charge in [0.2, 0.25) is 0 Å². The molecule has 0 aliphatic heterocycles. The van der Waals surface area contributed by atoms with Crippen molar-refractivity contribution < 1.29 is 84.1 Å². The van der Waals surface area contributed by atoms with Gasteiger partial charge >= 0.3 is 40.0 Å². The molecule has 0 spiro atoms. The van der Waals surface area contributed by atoms with E-state index in [1.807, 2.05) is 0 Å². The van der Waals surface area contributed by atoms with E-state index >= 15 is 0 Å². The predicted molar refractivity (Wildman–Crippen MR) is 15.3 cm³/mol. The van der Waals surface area contributed by atoms with E-state index in [-0.39, 0.29) is 66.6 Å². The third-order valence-corrected chi connectivity index (χ3v) is 0. The van der Waals surface area contributed by atoms with Gasteiger partial charge in [-0.15, -0.1) is 0 Å². The first-order valence-electron chi connectivity index (χ1n) is 0.698. The zero-order valence-electron chi connectivity index (χ0n) is 4.70. The summed E-state index contributed by atoms with van der Waals surface area (Å²) in [5.74, 6) is 0. The summed E-state index contributed by atoms with van der Waals surface area (Å²) in [6.45, 7) is 0. The molecule has 1 radical (unpaired) electrons. The van der Waals surface area contributed by atoms with Crippen LogP contribution >= 0.6 is 0 Å². The maximum absolute atomic E-state index is 8.74. The topological polar surface area (TPSA) is 74.6 Å². The van der Waals surface area contributed by atoms with Crippen molar-refractivity contribution in [3.63, 3.8) is 0 Å². The fraction of sp³-hybridized carbons (Fsp3) is 0. The minimum atomic E-state index is -4.67. The second kappa shape index (κ2) is 6.19. The molecule has 0 saturated carbocycles. The van der Waals surface area contributed by atoms with E-state index in [1.54, 1.807) is 0 Å². The SMILES string of the molecule is O=S(=O)(O)O.[H-].[La].[Na+]. The summed E-state index contributed by atoms with van der Waals surface area (Å²) in [6.07, 6.45) is 0. The van der Waals surface area contributed by atoms with Gasteiger partial charge in [-0.2, -0.15) is 8.42 Å². The molecule has 2 N–H and O–H groups in total. The van der Waals surface area contributed by atoms with Crippen LogP contribution in [0.25, 0.3) is 0 Å². The standard InChI is InChI=1S/La.Na.H2O4S.H/c;;1-5(2,3)4;/h;;(H2,1,2,3,4);/q;+1;;-1. The summed E-state index contributed by atoms with van der Waals surface area (Å²) in [5, 5.41) is 0. The van der Waals surface area contributed by atoms with Crippen LogP contribution in [-0.4, -0.2) is 17.5 Å². The third kappa shape index (κ3) is 69.6. The first kappa shape index (κ1) is 16.0. The van der Waals surface area contributed by atoms with Crippen LogP contribution in [0.2, 0.25) is 0 Å². The van der Waals surface area contributed by atoms with E-state index in [2.05, 4.69) is 0 Å². The van der Waals surface area contributed by atoms with Gasteiger partial charge in [-0.25, -0.2) is 0 Å². The van der Waals surface area contributed by atoms with Crippen LogP contribution in [0.15, 0.2) is 0 Å². The molecule has 0 heterocycles. The van der Waals surface area contributed by atoms with Gasteiger partial charge in [-0.05, 0) is 0 Å². The van der Waals surface area contributed by atoms with Crippen molar-refractivity contribution in [1.82, 2.24) is 0 Å². The molecule has 0 aliphatic carbocycles. The summed E-state index contributed by atoms with van der Waals surface area (Å²) in [7, 11) is -4.67. The quantitative estimate of drug-likeness (QED) is 0.350. The molecule has 0 aromatic heterocycles. The molecule has 7 heteroatoms. The van der Waals surface area contributed by atoms with E-state index in [4.69, 9.17) is 17.5 Å². The van der Waals surface area contributed by atoms with Crippen molar-refractivity contribution in [2.24, 2.45) is 0 Å². The number of hydrogen-bond donors (Lipinski definition) is 2. The Bertz CT molecular complexity index is 99.2. The van der Waals surface area contributed by atoms with E-state index < -0.39 is 10.4 Å². The van der Waals surface area contributed by atoms with Gasteiger partial charge in [-0.1, -0.05) is 0 Å². The van der Waals surface area contributed by atoms with Crippen molar-refractivity contribution in [2.75, 3.05) is 0 Å². The fourth-order valence-corrected chi connectivity index (χ4v) is 0. The van der Waals surface area contributed by atoms with Crippen molar-refractivity contribution in [1.29, 1.82) is 0 Å². The van der Waals surface area contributed by atoms with Gasteiger partial charge in [-0.3, -0.25) is 9.11 Å². The van der Waals surface area contributed by atoms with E-state index in [1.165, 1.54) is 0 Å². The molecular weight excluding hydrogens is 258 g/mol. The van der Waals surface area contributed by atoms with Gasteiger partial charge in [0.1, 0.15) is 0 Å². The molecule has 0 fully saturated rings. The van der Waals surface area contributed by atoms with Crippen LogP contribution in [0, 0.1) is 35.6 Å². The van der Waals surface area contributed by atoms with Crippen molar-refractivity contribution in [2.45, 2.75) is 0 Å². The summed E-state index contributed by atoms with van der Waals surface area (Å²) >= 11 is 0. The Morgan fingerprint density at radius 1 is 1.29 bits per heavy atom. The molecule has 0 saturated heterocycles. The molecule has 0 aliphatic rings. The van der Waals surface area contributed by atoms with Crippen LogP contribution in [0.5, 0.6) is 0 Å². The van der Waals surface area contributed by atoms with Gasteiger partial charge in [0, 0.05) is 35.6 Å². The van der Waals surface area contributed by atoms with Crippen LogP contribution in [0.3, 0.4) is 0 Å². The molecule has 0 rings (SSSR count). The molecule has 0 atom stereocenters. The smallest absolute Gasteiger partial charge is 1.00 e. The van der Waals surface area contributed by atoms with Gasteiger partial charge in [0.15, 0.2) is 0 Å². The first-order chi connectivity index (χ1) is 2.00. The number of hydrogen-bond acceptors (Lipinski definition) is 2. The summed E-state index contributed by atoms with van der Waals surface area (Å²) < 4.78 is 31.6. The Morgan fingerprint density at radius 3 is 1.29 bits per heavy atom. The van der Waals surface area contributed by atoms with Crippen molar-refractivity contribution in [3.05, 3.63) is 0 Å². The second-order valence-electron chi connectivity index (χ2n) is 0.448. The van der Waals surface area contributed by atoms with E-state index in [0.717, 1.165) is 0 Å². The molecule has 37 valence electrons. The summed E-state index contributed by atoms with van der Waals surface area (Å²) in [4.78, 5) is 0. The van der Waals surface area contributed by atoms with Gasteiger partial charge in [0.05, 0.1) is 0 Å². The monoisotopic (exact) mass is 261 g/mol. The molecular formula is H3LaNaO4S. The average molecular weight is 261 g/mol. The zero-order chi connectivity index (χ0) is 4.50. The van der Waals surface area contributed by atoms with Gasteiger partial charge < -0.3 is 1.43 Å². The molecule has 0 amide bonds. The largest absolute Gasteiger partial charge is 1.00 e. The van der Waals surface area contributed by atoms with Crippen molar-refractivity contribution in [3.8, 4) is 0 Å². The van der Waals surface area contributed by atoms with Crippen molar-refractivity contribution >= 4 is 10.4 Å². The maximum atomic E-state index is 8.74.